The molecule has 0 radical (unpaired) electrons. The molecule has 0 aromatic carbocycles. The molecular formula is C11H15ClF3NS. The summed E-state index contributed by atoms with van der Waals surface area (Å²) in [5.74, 6) is 0. The zero-order valence-corrected chi connectivity index (χ0v) is 11.3. The molecule has 1 heterocycles. The molecule has 1 unspecified atom stereocenters. The van der Waals surface area contributed by atoms with Crippen LogP contribution in [0.3, 0.4) is 0 Å². The number of rotatable bonds is 5. The van der Waals surface area contributed by atoms with Crippen LogP contribution in [0.4, 0.5) is 13.2 Å². The summed E-state index contributed by atoms with van der Waals surface area (Å²) in [6, 6.07) is 1.04. The van der Waals surface area contributed by atoms with Gasteiger partial charge in [-0.25, -0.2) is 0 Å². The van der Waals surface area contributed by atoms with E-state index >= 15 is 0 Å². The summed E-state index contributed by atoms with van der Waals surface area (Å²) in [7, 11) is 0. The van der Waals surface area contributed by atoms with Crippen LogP contribution in [0.5, 0.6) is 0 Å². The Morgan fingerprint density at radius 1 is 1.47 bits per heavy atom. The van der Waals surface area contributed by atoms with E-state index in [1.54, 1.807) is 13.0 Å². The largest absolute Gasteiger partial charge is 0.390 e. The average Bonchev–Trinajstić information content (AvgIpc) is 2.52. The van der Waals surface area contributed by atoms with Gasteiger partial charge in [-0.3, -0.25) is 0 Å². The Bertz CT molecular complexity index is 343. The molecule has 0 bridgehead atoms. The molecule has 0 aliphatic rings. The van der Waals surface area contributed by atoms with Crippen LogP contribution in [0.15, 0.2) is 6.07 Å². The zero-order chi connectivity index (χ0) is 13.1. The van der Waals surface area contributed by atoms with Crippen molar-refractivity contribution in [1.82, 2.24) is 5.32 Å². The predicted octanol–water partition coefficient (Wildman–Crippen LogP) is 4.70. The average molecular weight is 286 g/mol. The van der Waals surface area contributed by atoms with Gasteiger partial charge in [0.15, 0.2) is 0 Å². The molecule has 1 N–H and O–H groups in total. The first-order chi connectivity index (χ1) is 7.83. The van der Waals surface area contributed by atoms with Gasteiger partial charge in [-0.1, -0.05) is 18.5 Å². The van der Waals surface area contributed by atoms with Crippen LogP contribution in [0.25, 0.3) is 0 Å². The van der Waals surface area contributed by atoms with Crippen LogP contribution in [-0.4, -0.2) is 12.7 Å². The van der Waals surface area contributed by atoms with Gasteiger partial charge in [0.25, 0.3) is 0 Å². The van der Waals surface area contributed by atoms with Crippen molar-refractivity contribution in [2.24, 2.45) is 0 Å². The second-order valence-electron chi connectivity index (χ2n) is 3.93. The molecular weight excluding hydrogens is 271 g/mol. The van der Waals surface area contributed by atoms with E-state index in [1.807, 2.05) is 6.92 Å². The number of hydrogen-bond acceptors (Lipinski definition) is 2. The Morgan fingerprint density at radius 3 is 2.53 bits per heavy atom. The standard InChI is InChI=1S/C11H15ClF3NS/c1-3-4-16-8(6-11(13,14)15)9-5-7(2)10(12)17-9/h5,8,16H,3-4,6H2,1-2H3. The Labute approximate surface area is 108 Å². The molecule has 1 rings (SSSR count). The first-order valence-electron chi connectivity index (χ1n) is 5.39. The van der Waals surface area contributed by atoms with Gasteiger partial charge in [0.2, 0.25) is 0 Å². The fraction of sp³-hybridized carbons (Fsp3) is 0.636. The van der Waals surface area contributed by atoms with E-state index in [2.05, 4.69) is 5.32 Å². The highest BCUT2D eigenvalue weighted by atomic mass is 35.5. The van der Waals surface area contributed by atoms with Crippen molar-refractivity contribution in [3.8, 4) is 0 Å². The molecule has 98 valence electrons. The first-order valence-corrected chi connectivity index (χ1v) is 6.59. The normalized spacial score (nSPS) is 14.0. The molecule has 1 atom stereocenters. The van der Waals surface area contributed by atoms with Gasteiger partial charge in [-0.05, 0) is 31.5 Å². The number of alkyl halides is 3. The molecule has 0 fully saturated rings. The number of hydrogen-bond donors (Lipinski definition) is 1. The van der Waals surface area contributed by atoms with Crippen LogP contribution in [-0.2, 0) is 0 Å². The van der Waals surface area contributed by atoms with Crippen molar-refractivity contribution in [3.05, 3.63) is 20.8 Å². The molecule has 0 saturated heterocycles. The fourth-order valence-corrected chi connectivity index (χ4v) is 2.77. The van der Waals surface area contributed by atoms with E-state index in [0.29, 0.717) is 15.8 Å². The third-order valence-electron chi connectivity index (χ3n) is 2.30. The second kappa shape index (κ2) is 6.07. The zero-order valence-electron chi connectivity index (χ0n) is 9.70. The topological polar surface area (TPSA) is 12.0 Å². The smallest absolute Gasteiger partial charge is 0.309 e. The van der Waals surface area contributed by atoms with E-state index in [1.165, 1.54) is 11.3 Å². The van der Waals surface area contributed by atoms with Crippen molar-refractivity contribution in [1.29, 1.82) is 0 Å². The molecule has 0 saturated carbocycles. The van der Waals surface area contributed by atoms with E-state index in [-0.39, 0.29) is 0 Å². The summed E-state index contributed by atoms with van der Waals surface area (Å²) in [5, 5.41) is 2.91. The number of thiophene rings is 1. The Kier molecular flexibility index (Phi) is 5.28. The summed E-state index contributed by atoms with van der Waals surface area (Å²) < 4.78 is 37.9. The van der Waals surface area contributed by atoms with Gasteiger partial charge in [-0.15, -0.1) is 11.3 Å². The maximum absolute atomic E-state index is 12.5. The molecule has 1 aromatic rings. The molecule has 17 heavy (non-hydrogen) atoms. The predicted molar refractivity (Wildman–Crippen MR) is 65.8 cm³/mol. The minimum Gasteiger partial charge on any atom is -0.309 e. The van der Waals surface area contributed by atoms with E-state index in [4.69, 9.17) is 11.6 Å². The van der Waals surface area contributed by atoms with Crippen molar-refractivity contribution < 1.29 is 13.2 Å². The van der Waals surface area contributed by atoms with Gasteiger partial charge < -0.3 is 5.32 Å². The number of aryl methyl sites for hydroxylation is 1. The van der Waals surface area contributed by atoms with Crippen LogP contribution in [0.1, 0.15) is 36.2 Å². The summed E-state index contributed by atoms with van der Waals surface area (Å²) in [6.07, 6.45) is -4.23. The lowest BCUT2D eigenvalue weighted by Crippen LogP contribution is -2.26. The quantitative estimate of drug-likeness (QED) is 0.826. The number of halogens is 4. The third-order valence-corrected chi connectivity index (χ3v) is 3.96. The van der Waals surface area contributed by atoms with Gasteiger partial charge in [0.05, 0.1) is 16.8 Å². The number of nitrogens with one attached hydrogen (secondary N) is 1. The van der Waals surface area contributed by atoms with Crippen LogP contribution in [0, 0.1) is 6.92 Å². The minimum absolute atomic E-state index is 0.561. The Hall–Kier alpha value is -0.260. The monoisotopic (exact) mass is 285 g/mol. The first kappa shape index (κ1) is 14.8. The van der Waals surface area contributed by atoms with Crippen LogP contribution < -0.4 is 5.32 Å². The molecule has 0 spiro atoms. The fourth-order valence-electron chi connectivity index (χ4n) is 1.48. The molecule has 0 aliphatic heterocycles. The van der Waals surface area contributed by atoms with Gasteiger partial charge in [-0.2, -0.15) is 13.2 Å². The lowest BCUT2D eigenvalue weighted by atomic mass is 10.1. The maximum atomic E-state index is 12.5. The molecule has 0 aliphatic carbocycles. The van der Waals surface area contributed by atoms with Crippen LogP contribution >= 0.6 is 22.9 Å². The molecule has 6 heteroatoms. The lowest BCUT2D eigenvalue weighted by Gasteiger charge is -2.18. The third kappa shape index (κ3) is 4.85. The Balaban J connectivity index is 2.81. The summed E-state index contributed by atoms with van der Waals surface area (Å²) in [6.45, 7) is 4.28. The maximum Gasteiger partial charge on any atom is 0.390 e. The van der Waals surface area contributed by atoms with Crippen molar-refractivity contribution in [2.45, 2.75) is 38.9 Å². The lowest BCUT2D eigenvalue weighted by molar-refractivity contribution is -0.140. The minimum atomic E-state index is -4.17. The van der Waals surface area contributed by atoms with Gasteiger partial charge >= 0.3 is 6.18 Å². The molecule has 0 amide bonds. The van der Waals surface area contributed by atoms with E-state index in [9.17, 15) is 13.2 Å². The van der Waals surface area contributed by atoms with E-state index in [0.717, 1.165) is 12.0 Å². The highest BCUT2D eigenvalue weighted by molar-refractivity contribution is 7.16. The highest BCUT2D eigenvalue weighted by Gasteiger charge is 2.33. The molecule has 1 nitrogen and oxygen atoms in total. The van der Waals surface area contributed by atoms with Crippen LogP contribution in [0.2, 0.25) is 4.34 Å². The summed E-state index contributed by atoms with van der Waals surface area (Å²) in [4.78, 5) is 0.651. The van der Waals surface area contributed by atoms with E-state index < -0.39 is 18.6 Å². The highest BCUT2D eigenvalue weighted by Crippen LogP contribution is 2.36. The van der Waals surface area contributed by atoms with Gasteiger partial charge in [0.1, 0.15) is 0 Å². The van der Waals surface area contributed by atoms with Crippen molar-refractivity contribution in [2.75, 3.05) is 6.54 Å². The van der Waals surface area contributed by atoms with Gasteiger partial charge in [0, 0.05) is 4.88 Å². The molecule has 1 aromatic heterocycles. The summed E-state index contributed by atoms with van der Waals surface area (Å²) >= 11 is 7.10. The second-order valence-corrected chi connectivity index (χ2v) is 5.62. The van der Waals surface area contributed by atoms with Crippen molar-refractivity contribution in [3.63, 3.8) is 0 Å². The Morgan fingerprint density at radius 2 is 2.12 bits per heavy atom. The SMILES string of the molecule is CCCNC(CC(F)(F)F)c1cc(C)c(Cl)s1. The van der Waals surface area contributed by atoms with Crippen molar-refractivity contribution >= 4 is 22.9 Å². The summed E-state index contributed by atoms with van der Waals surface area (Å²) in [5.41, 5.74) is 0.831.